The van der Waals surface area contributed by atoms with Gasteiger partial charge in [-0.1, -0.05) is 48.0 Å². The van der Waals surface area contributed by atoms with Crippen molar-refractivity contribution < 1.29 is 9.90 Å². The van der Waals surface area contributed by atoms with E-state index in [4.69, 9.17) is 5.11 Å². The fourth-order valence-electron chi connectivity index (χ4n) is 1.59. The van der Waals surface area contributed by atoms with Crippen molar-refractivity contribution in [3.63, 3.8) is 0 Å². The second kappa shape index (κ2) is 6.43. The van der Waals surface area contributed by atoms with Crippen LogP contribution in [0.5, 0.6) is 0 Å². The van der Waals surface area contributed by atoms with Gasteiger partial charge in [0.1, 0.15) is 6.26 Å². The summed E-state index contributed by atoms with van der Waals surface area (Å²) in [6.45, 7) is 1.94. The van der Waals surface area contributed by atoms with Crippen LogP contribution in [0.15, 0.2) is 76.8 Å². The summed E-state index contributed by atoms with van der Waals surface area (Å²) in [4.78, 5) is 12.1. The Bertz CT molecular complexity index is 644. The van der Waals surface area contributed by atoms with Crippen LogP contribution < -0.4 is 0 Å². The monoisotopic (exact) mass is 266 g/mol. The Morgan fingerprint density at radius 2 is 1.70 bits per heavy atom. The Kier molecular flexibility index (Phi) is 4.39. The predicted molar refractivity (Wildman–Crippen MR) is 77.2 cm³/mol. The maximum Gasteiger partial charge on any atom is 0.216 e. The number of rotatable bonds is 4. The van der Waals surface area contributed by atoms with E-state index in [2.05, 4.69) is 10.2 Å². The lowest BCUT2D eigenvalue weighted by atomic mass is 10.1. The van der Waals surface area contributed by atoms with Crippen LogP contribution in [0.2, 0.25) is 0 Å². The Hall–Kier alpha value is -2.75. The standard InChI is InChI=1S/C16H14N2O2/c1-12-7-9-13(10-8-12)16(20)15(11-19)18-17-14-5-3-2-4-6-14/h2-11,19H,1H3/b15-11-,18-17?. The fourth-order valence-corrected chi connectivity index (χ4v) is 1.59. The zero-order valence-corrected chi connectivity index (χ0v) is 11.0. The number of aryl methyl sites for hydroxylation is 1. The highest BCUT2D eigenvalue weighted by Gasteiger charge is 2.12. The summed E-state index contributed by atoms with van der Waals surface area (Å²) < 4.78 is 0. The van der Waals surface area contributed by atoms with Crippen molar-refractivity contribution in [2.24, 2.45) is 10.2 Å². The third-order valence-electron chi connectivity index (χ3n) is 2.70. The number of carbonyl (C=O) groups excluding carboxylic acids is 1. The predicted octanol–water partition coefficient (Wildman–Crippen LogP) is 4.36. The molecule has 4 heteroatoms. The number of nitrogens with zero attached hydrogens (tertiary/aromatic N) is 2. The number of ketones is 1. The zero-order chi connectivity index (χ0) is 14.4. The molecule has 2 rings (SSSR count). The lowest BCUT2D eigenvalue weighted by Gasteiger charge is -2.00. The molecule has 20 heavy (non-hydrogen) atoms. The molecule has 0 aliphatic heterocycles. The molecule has 0 aliphatic carbocycles. The van der Waals surface area contributed by atoms with Crippen LogP contribution in [0.25, 0.3) is 0 Å². The van der Waals surface area contributed by atoms with Crippen molar-refractivity contribution in [3.8, 4) is 0 Å². The Labute approximate surface area is 117 Å². The van der Waals surface area contributed by atoms with Gasteiger partial charge in [-0.05, 0) is 19.1 Å². The lowest BCUT2D eigenvalue weighted by molar-refractivity contribution is 0.102. The molecule has 0 aromatic heterocycles. The molecule has 0 fully saturated rings. The maximum absolute atomic E-state index is 12.1. The van der Waals surface area contributed by atoms with Gasteiger partial charge in [0.05, 0.1) is 5.69 Å². The zero-order valence-electron chi connectivity index (χ0n) is 11.0. The van der Waals surface area contributed by atoms with E-state index in [0.29, 0.717) is 17.5 Å². The first-order valence-corrected chi connectivity index (χ1v) is 6.13. The van der Waals surface area contributed by atoms with E-state index >= 15 is 0 Å². The fraction of sp³-hybridized carbons (Fsp3) is 0.0625. The highest BCUT2D eigenvalue weighted by atomic mass is 16.2. The number of Topliss-reactive ketones (excluding diaryl/α,β-unsaturated/α-hetero) is 1. The number of azo groups is 1. The molecule has 100 valence electrons. The Morgan fingerprint density at radius 1 is 1.05 bits per heavy atom. The van der Waals surface area contributed by atoms with Crippen LogP contribution in [0.4, 0.5) is 5.69 Å². The summed E-state index contributed by atoms with van der Waals surface area (Å²) in [6.07, 6.45) is 0.675. The van der Waals surface area contributed by atoms with Crippen molar-refractivity contribution >= 4 is 11.5 Å². The SMILES string of the molecule is Cc1ccc(C(=O)/C(=C/O)N=Nc2ccccc2)cc1. The minimum atomic E-state index is -0.368. The minimum absolute atomic E-state index is 0.0993. The molecule has 0 unspecified atom stereocenters. The topological polar surface area (TPSA) is 62.0 Å². The summed E-state index contributed by atoms with van der Waals surface area (Å²) in [5, 5.41) is 16.9. The van der Waals surface area contributed by atoms with Crippen LogP contribution in [0.1, 0.15) is 15.9 Å². The molecule has 0 spiro atoms. The average molecular weight is 266 g/mol. The summed E-state index contributed by atoms with van der Waals surface area (Å²) in [5.41, 5.74) is 2.03. The normalized spacial score (nSPS) is 11.8. The lowest BCUT2D eigenvalue weighted by Crippen LogP contribution is -2.01. The molecule has 0 atom stereocenters. The van der Waals surface area contributed by atoms with Crippen LogP contribution in [-0.4, -0.2) is 10.9 Å². The van der Waals surface area contributed by atoms with Crippen molar-refractivity contribution in [1.82, 2.24) is 0 Å². The number of carbonyl (C=O) groups is 1. The molecule has 2 aromatic rings. The molecular weight excluding hydrogens is 252 g/mol. The van der Waals surface area contributed by atoms with Gasteiger partial charge in [-0.2, -0.15) is 5.11 Å². The molecule has 0 heterocycles. The molecule has 4 nitrogen and oxygen atoms in total. The van der Waals surface area contributed by atoms with E-state index in [1.807, 2.05) is 37.3 Å². The first-order valence-electron chi connectivity index (χ1n) is 6.13. The highest BCUT2D eigenvalue weighted by Crippen LogP contribution is 2.15. The molecule has 1 N–H and O–H groups in total. The number of aliphatic hydroxyl groups excluding tert-OH is 1. The van der Waals surface area contributed by atoms with E-state index in [9.17, 15) is 4.79 Å². The first-order chi connectivity index (χ1) is 9.70. The van der Waals surface area contributed by atoms with Crippen molar-refractivity contribution in [2.75, 3.05) is 0 Å². The smallest absolute Gasteiger partial charge is 0.216 e. The Balaban J connectivity index is 2.19. The van der Waals surface area contributed by atoms with Gasteiger partial charge in [0.25, 0.3) is 0 Å². The van der Waals surface area contributed by atoms with E-state index in [1.165, 1.54) is 0 Å². The Morgan fingerprint density at radius 3 is 2.30 bits per heavy atom. The number of allylic oxidation sites excluding steroid dienone is 1. The minimum Gasteiger partial charge on any atom is -0.513 e. The van der Waals surface area contributed by atoms with Gasteiger partial charge in [-0.25, -0.2) is 0 Å². The van der Waals surface area contributed by atoms with Gasteiger partial charge in [0, 0.05) is 5.56 Å². The molecule has 0 saturated carbocycles. The van der Waals surface area contributed by atoms with Crippen molar-refractivity contribution in [1.29, 1.82) is 0 Å². The molecule has 0 aliphatic rings. The van der Waals surface area contributed by atoms with Gasteiger partial charge in [-0.15, -0.1) is 5.11 Å². The van der Waals surface area contributed by atoms with Gasteiger partial charge in [-0.3, -0.25) is 4.79 Å². The van der Waals surface area contributed by atoms with E-state index in [1.54, 1.807) is 24.3 Å². The second-order valence-electron chi connectivity index (χ2n) is 4.25. The van der Waals surface area contributed by atoms with Crippen molar-refractivity contribution in [3.05, 3.63) is 77.7 Å². The molecule has 0 bridgehead atoms. The van der Waals surface area contributed by atoms with Crippen LogP contribution in [-0.2, 0) is 0 Å². The third-order valence-corrected chi connectivity index (χ3v) is 2.70. The van der Waals surface area contributed by atoms with Gasteiger partial charge < -0.3 is 5.11 Å². The summed E-state index contributed by atoms with van der Waals surface area (Å²) >= 11 is 0. The molecule has 2 aromatic carbocycles. The summed E-state index contributed by atoms with van der Waals surface area (Å²) in [6, 6.07) is 16.1. The van der Waals surface area contributed by atoms with Gasteiger partial charge >= 0.3 is 0 Å². The molecular formula is C16H14N2O2. The van der Waals surface area contributed by atoms with E-state index in [-0.39, 0.29) is 11.5 Å². The third kappa shape index (κ3) is 3.38. The van der Waals surface area contributed by atoms with Crippen LogP contribution in [0, 0.1) is 6.92 Å². The van der Waals surface area contributed by atoms with Crippen LogP contribution in [0.3, 0.4) is 0 Å². The summed E-state index contributed by atoms with van der Waals surface area (Å²) in [5.74, 6) is -0.368. The number of aliphatic hydroxyl groups is 1. The molecule has 0 saturated heterocycles. The number of hydrogen-bond donors (Lipinski definition) is 1. The first kappa shape index (κ1) is 13.7. The summed E-state index contributed by atoms with van der Waals surface area (Å²) in [7, 11) is 0. The van der Waals surface area contributed by atoms with Gasteiger partial charge in [0.15, 0.2) is 5.70 Å². The van der Waals surface area contributed by atoms with Crippen LogP contribution >= 0.6 is 0 Å². The van der Waals surface area contributed by atoms with Gasteiger partial charge in [0.2, 0.25) is 5.78 Å². The largest absolute Gasteiger partial charge is 0.513 e. The molecule has 0 amide bonds. The number of hydrogen-bond acceptors (Lipinski definition) is 4. The quantitative estimate of drug-likeness (QED) is 0.387. The average Bonchev–Trinajstić information content (AvgIpc) is 2.49. The maximum atomic E-state index is 12.1. The second-order valence-corrected chi connectivity index (χ2v) is 4.25. The number of benzene rings is 2. The molecule has 0 radical (unpaired) electrons. The van der Waals surface area contributed by atoms with E-state index < -0.39 is 0 Å². The van der Waals surface area contributed by atoms with Crippen molar-refractivity contribution in [2.45, 2.75) is 6.92 Å². The highest BCUT2D eigenvalue weighted by molar-refractivity contribution is 6.08. The van der Waals surface area contributed by atoms with E-state index in [0.717, 1.165) is 5.56 Å².